The molecule has 3 atom stereocenters. The van der Waals surface area contributed by atoms with Crippen LogP contribution in [0.1, 0.15) is 66.0 Å². The Hall–Kier alpha value is -3.92. The van der Waals surface area contributed by atoms with Gasteiger partial charge < -0.3 is 19.6 Å². The van der Waals surface area contributed by atoms with Gasteiger partial charge in [0.05, 0.1) is 19.3 Å². The van der Waals surface area contributed by atoms with Crippen molar-refractivity contribution in [3.63, 3.8) is 0 Å². The molecule has 5 heterocycles. The van der Waals surface area contributed by atoms with Crippen LogP contribution in [0.3, 0.4) is 0 Å². The first kappa shape index (κ1) is 25.1. The molecule has 7 rings (SSSR count). The molecular weight excluding hydrogens is 518 g/mol. The van der Waals surface area contributed by atoms with E-state index in [4.69, 9.17) is 4.74 Å². The minimum Gasteiger partial charge on any atom is -0.502 e. The predicted octanol–water partition coefficient (Wildman–Crippen LogP) is 4.05. The maximum atomic E-state index is 15.9. The monoisotopic (exact) mass is 548 g/mol. The number of carbonyl (C=O) groups excluding carboxylic acids is 1. The van der Waals surface area contributed by atoms with E-state index in [0.717, 1.165) is 23.7 Å². The van der Waals surface area contributed by atoms with Crippen LogP contribution in [0, 0.1) is 17.0 Å². The Morgan fingerprint density at radius 3 is 2.62 bits per heavy atom. The number of benzene rings is 2. The molecule has 1 amide bonds. The molecule has 1 N–H and O–H groups in total. The highest BCUT2D eigenvalue weighted by Gasteiger charge is 2.50. The Bertz CT molecular complexity index is 1610. The van der Waals surface area contributed by atoms with E-state index < -0.39 is 47.0 Å². The third kappa shape index (κ3) is 3.51. The maximum absolute atomic E-state index is 15.9. The molecule has 208 valence electrons. The van der Waals surface area contributed by atoms with Gasteiger partial charge in [0.15, 0.2) is 23.1 Å². The highest BCUT2D eigenvalue weighted by Crippen LogP contribution is 2.49. The first-order chi connectivity index (χ1) is 19.2. The van der Waals surface area contributed by atoms with E-state index in [0.29, 0.717) is 31.7 Å². The van der Waals surface area contributed by atoms with Crippen LogP contribution in [0.5, 0.6) is 5.75 Å². The molecule has 2 saturated heterocycles. The SMILES string of the molecule is CC1(C)CCN2C(=O)c3c(O)c(=O)ccn3N([C@@H]3c4ccccc4N4CCOCC4c4c3ccc(F)c4F)[C@@H]2C1. The fourth-order valence-corrected chi connectivity index (χ4v) is 6.96. The summed E-state index contributed by atoms with van der Waals surface area (Å²) in [5.41, 5.74) is 1.57. The lowest BCUT2D eigenvalue weighted by atomic mass is 9.79. The summed E-state index contributed by atoms with van der Waals surface area (Å²) in [6.45, 7) is 5.86. The van der Waals surface area contributed by atoms with Gasteiger partial charge in [0.25, 0.3) is 5.91 Å². The van der Waals surface area contributed by atoms with Gasteiger partial charge in [-0.25, -0.2) is 8.78 Å². The van der Waals surface area contributed by atoms with Gasteiger partial charge in [-0.2, -0.15) is 0 Å². The Morgan fingerprint density at radius 1 is 1.00 bits per heavy atom. The predicted molar refractivity (Wildman–Crippen MR) is 144 cm³/mol. The van der Waals surface area contributed by atoms with Crippen LogP contribution in [0.2, 0.25) is 0 Å². The number of halogens is 2. The second-order valence-corrected chi connectivity index (χ2v) is 11.8. The number of carbonyl (C=O) groups is 1. The Morgan fingerprint density at radius 2 is 1.80 bits per heavy atom. The van der Waals surface area contributed by atoms with Crippen LogP contribution in [0.25, 0.3) is 0 Å². The number of hydrogen-bond acceptors (Lipinski definition) is 6. The highest BCUT2D eigenvalue weighted by atomic mass is 19.2. The van der Waals surface area contributed by atoms with E-state index in [-0.39, 0.29) is 23.3 Å². The average Bonchev–Trinajstić information content (AvgIpc) is 3.05. The van der Waals surface area contributed by atoms with Crippen LogP contribution >= 0.6 is 0 Å². The molecule has 4 aliphatic rings. The van der Waals surface area contributed by atoms with E-state index in [1.54, 1.807) is 15.6 Å². The van der Waals surface area contributed by atoms with Crippen LogP contribution in [0.4, 0.5) is 14.5 Å². The molecule has 10 heteroatoms. The fraction of sp³-hybridized carbons (Fsp3) is 0.400. The zero-order valence-corrected chi connectivity index (χ0v) is 22.3. The first-order valence-corrected chi connectivity index (χ1v) is 13.6. The third-order valence-electron chi connectivity index (χ3n) is 8.92. The largest absolute Gasteiger partial charge is 0.502 e. The van der Waals surface area contributed by atoms with Gasteiger partial charge in [0, 0.05) is 42.2 Å². The molecule has 0 radical (unpaired) electrons. The number of fused-ring (bicyclic) bond motifs is 7. The fourth-order valence-electron chi connectivity index (χ4n) is 6.96. The Kier molecular flexibility index (Phi) is 5.51. The zero-order chi connectivity index (χ0) is 27.9. The van der Waals surface area contributed by atoms with Crippen LogP contribution in [0.15, 0.2) is 53.5 Å². The van der Waals surface area contributed by atoms with E-state index in [1.807, 2.05) is 29.3 Å². The minimum atomic E-state index is -0.940. The lowest BCUT2D eigenvalue weighted by Crippen LogP contribution is -2.65. The second kappa shape index (κ2) is 8.79. The lowest BCUT2D eigenvalue weighted by Gasteiger charge is -2.54. The van der Waals surface area contributed by atoms with Crippen molar-refractivity contribution in [2.75, 3.05) is 36.2 Å². The molecule has 1 aromatic heterocycles. The van der Waals surface area contributed by atoms with Gasteiger partial charge in [-0.3, -0.25) is 19.3 Å². The number of aromatic hydroxyl groups is 1. The normalized spacial score (nSPS) is 24.9. The molecule has 4 aliphatic heterocycles. The van der Waals surface area contributed by atoms with Crippen molar-refractivity contribution in [2.45, 2.75) is 44.9 Å². The number of piperidine rings is 1. The summed E-state index contributed by atoms with van der Waals surface area (Å²) in [4.78, 5) is 30.1. The molecule has 0 saturated carbocycles. The summed E-state index contributed by atoms with van der Waals surface area (Å²) < 4.78 is 38.1. The zero-order valence-electron chi connectivity index (χ0n) is 22.3. The van der Waals surface area contributed by atoms with Crippen LogP contribution in [-0.4, -0.2) is 53.1 Å². The maximum Gasteiger partial charge on any atom is 0.278 e. The quantitative estimate of drug-likeness (QED) is 0.495. The summed E-state index contributed by atoms with van der Waals surface area (Å²) in [7, 11) is 0. The van der Waals surface area contributed by atoms with E-state index in [1.165, 1.54) is 12.3 Å². The van der Waals surface area contributed by atoms with E-state index in [9.17, 15) is 19.1 Å². The first-order valence-electron chi connectivity index (χ1n) is 13.6. The van der Waals surface area contributed by atoms with Crippen molar-refractivity contribution in [1.29, 1.82) is 0 Å². The van der Waals surface area contributed by atoms with Crippen molar-refractivity contribution in [3.05, 3.63) is 92.9 Å². The number of morpholine rings is 1. The van der Waals surface area contributed by atoms with Crippen molar-refractivity contribution >= 4 is 11.6 Å². The molecule has 3 aromatic rings. The molecule has 0 bridgehead atoms. The number of amides is 1. The van der Waals surface area contributed by atoms with Gasteiger partial charge in [-0.1, -0.05) is 38.1 Å². The molecule has 40 heavy (non-hydrogen) atoms. The average molecular weight is 549 g/mol. The van der Waals surface area contributed by atoms with Gasteiger partial charge in [-0.15, -0.1) is 0 Å². The molecule has 2 fully saturated rings. The van der Waals surface area contributed by atoms with Crippen LogP contribution < -0.4 is 15.3 Å². The van der Waals surface area contributed by atoms with E-state index >= 15 is 4.39 Å². The van der Waals surface area contributed by atoms with Crippen molar-refractivity contribution in [1.82, 2.24) is 9.58 Å². The van der Waals surface area contributed by atoms with Crippen molar-refractivity contribution < 1.29 is 23.4 Å². The number of nitrogens with zero attached hydrogens (tertiary/aromatic N) is 4. The number of rotatable bonds is 1. The van der Waals surface area contributed by atoms with Gasteiger partial charge in [-0.05, 0) is 36.0 Å². The summed E-state index contributed by atoms with van der Waals surface area (Å²) in [5, 5.41) is 12.8. The second-order valence-electron chi connectivity index (χ2n) is 11.8. The summed E-state index contributed by atoms with van der Waals surface area (Å²) >= 11 is 0. The van der Waals surface area contributed by atoms with E-state index in [2.05, 4.69) is 18.7 Å². The summed E-state index contributed by atoms with van der Waals surface area (Å²) in [6.07, 6.45) is 2.36. The van der Waals surface area contributed by atoms with Gasteiger partial charge >= 0.3 is 0 Å². The van der Waals surface area contributed by atoms with Crippen molar-refractivity contribution in [2.24, 2.45) is 5.41 Å². The molecule has 0 spiro atoms. The number of ether oxygens (including phenoxy) is 1. The molecule has 0 aliphatic carbocycles. The van der Waals surface area contributed by atoms with Crippen molar-refractivity contribution in [3.8, 4) is 5.75 Å². The number of anilines is 1. The highest BCUT2D eigenvalue weighted by molar-refractivity contribution is 5.96. The number of hydrogen-bond donors (Lipinski definition) is 1. The third-order valence-corrected chi connectivity index (χ3v) is 8.92. The molecular formula is C30H30F2N4O4. The topological polar surface area (TPSA) is 78.2 Å². The summed E-state index contributed by atoms with van der Waals surface area (Å²) in [5.74, 6) is -2.91. The van der Waals surface area contributed by atoms with Crippen LogP contribution in [-0.2, 0) is 4.74 Å². The molecule has 1 unspecified atom stereocenters. The standard InChI is InChI=1S/C30H30F2N4O4/c1-30(2)10-12-34-23(15-30)36(35-11-9-22(37)28(38)27(35)29(34)39)26-17-5-3-4-6-20(17)33-13-14-40-16-21(33)24-18(26)7-8-19(31)25(24)32/h3-9,11,21,23,26,38H,10,12-16H2,1-2H3/t21?,23-,26-/m1/s1. The smallest absolute Gasteiger partial charge is 0.278 e. The molecule has 8 nitrogen and oxygen atoms in total. The lowest BCUT2D eigenvalue weighted by molar-refractivity contribution is 0.0245. The number of para-hydroxylation sites is 1. The minimum absolute atomic E-state index is 0.120. The summed E-state index contributed by atoms with van der Waals surface area (Å²) in [6, 6.07) is 10.5. The Labute approximate surface area is 230 Å². The number of aromatic nitrogens is 1. The number of pyridine rings is 1. The Balaban J connectivity index is 1.57. The van der Waals surface area contributed by atoms with Gasteiger partial charge in [0.2, 0.25) is 5.43 Å². The van der Waals surface area contributed by atoms with Gasteiger partial charge in [0.1, 0.15) is 12.2 Å². The molecule has 2 aromatic carbocycles.